The van der Waals surface area contributed by atoms with Gasteiger partial charge in [0.05, 0.1) is 30.5 Å². The highest BCUT2D eigenvalue weighted by Gasteiger charge is 2.08. The zero-order valence-electron chi connectivity index (χ0n) is 19.3. The van der Waals surface area contributed by atoms with Gasteiger partial charge in [-0.15, -0.1) is 0 Å². The predicted molar refractivity (Wildman–Crippen MR) is 127 cm³/mol. The number of ether oxygens (including phenoxy) is 1. The van der Waals surface area contributed by atoms with Crippen molar-refractivity contribution in [1.29, 1.82) is 0 Å². The van der Waals surface area contributed by atoms with Crippen molar-refractivity contribution in [3.63, 3.8) is 0 Å². The van der Waals surface area contributed by atoms with Crippen molar-refractivity contribution >= 4 is 17.1 Å². The Hall–Kier alpha value is -3.08. The molecule has 0 aliphatic carbocycles. The SMILES string of the molecule is C=Cc1ccc2c(C(C)C)cnn2c1.CC.COc1ccn2ncc(C(C)C)c2c1. The van der Waals surface area contributed by atoms with Gasteiger partial charge in [-0.05, 0) is 29.5 Å². The number of pyridine rings is 2. The number of hydrogen-bond acceptors (Lipinski definition) is 3. The number of nitrogens with zero attached hydrogens (tertiary/aromatic N) is 4. The lowest BCUT2D eigenvalue weighted by Gasteiger charge is -2.04. The number of aromatic nitrogens is 4. The maximum atomic E-state index is 5.19. The van der Waals surface area contributed by atoms with E-state index < -0.39 is 0 Å². The molecule has 4 heterocycles. The van der Waals surface area contributed by atoms with Crippen LogP contribution in [0.5, 0.6) is 5.75 Å². The summed E-state index contributed by atoms with van der Waals surface area (Å²) in [6, 6.07) is 8.08. The summed E-state index contributed by atoms with van der Waals surface area (Å²) in [6.07, 6.45) is 9.59. The lowest BCUT2D eigenvalue weighted by atomic mass is 10.1. The van der Waals surface area contributed by atoms with Crippen LogP contribution in [0.15, 0.2) is 55.6 Å². The van der Waals surface area contributed by atoms with Crippen LogP contribution in [0.4, 0.5) is 0 Å². The summed E-state index contributed by atoms with van der Waals surface area (Å²) in [4.78, 5) is 0. The zero-order valence-corrected chi connectivity index (χ0v) is 19.3. The van der Waals surface area contributed by atoms with Gasteiger partial charge >= 0.3 is 0 Å². The molecule has 0 radical (unpaired) electrons. The van der Waals surface area contributed by atoms with E-state index in [0.29, 0.717) is 11.8 Å². The molecular weight excluding hydrogens is 372 g/mol. The Morgan fingerprint density at radius 2 is 1.50 bits per heavy atom. The Morgan fingerprint density at radius 3 is 2.07 bits per heavy atom. The van der Waals surface area contributed by atoms with Gasteiger partial charge in [0.25, 0.3) is 0 Å². The molecule has 4 aromatic rings. The van der Waals surface area contributed by atoms with Crippen LogP contribution in [0.2, 0.25) is 0 Å². The molecule has 4 rings (SSSR count). The van der Waals surface area contributed by atoms with Crippen LogP contribution in [0.3, 0.4) is 0 Å². The number of fused-ring (bicyclic) bond motifs is 2. The summed E-state index contributed by atoms with van der Waals surface area (Å²) in [5.74, 6) is 1.88. The summed E-state index contributed by atoms with van der Waals surface area (Å²) >= 11 is 0. The van der Waals surface area contributed by atoms with Crippen LogP contribution in [0.1, 0.15) is 70.1 Å². The van der Waals surface area contributed by atoms with Crippen molar-refractivity contribution in [3.8, 4) is 5.75 Å². The summed E-state index contributed by atoms with van der Waals surface area (Å²) in [5.41, 5.74) is 5.95. The second kappa shape index (κ2) is 10.6. The van der Waals surface area contributed by atoms with E-state index in [-0.39, 0.29) is 0 Å². The normalized spacial score (nSPS) is 10.6. The molecule has 0 saturated carbocycles. The number of rotatable bonds is 4. The first-order chi connectivity index (χ1) is 14.4. The maximum absolute atomic E-state index is 5.19. The average molecular weight is 407 g/mol. The largest absolute Gasteiger partial charge is 0.497 e. The van der Waals surface area contributed by atoms with Gasteiger partial charge < -0.3 is 4.74 Å². The smallest absolute Gasteiger partial charge is 0.122 e. The Kier molecular flexibility index (Phi) is 8.22. The Labute approximate surface area is 180 Å². The highest BCUT2D eigenvalue weighted by atomic mass is 16.5. The molecule has 0 aliphatic heterocycles. The average Bonchev–Trinajstić information content (AvgIpc) is 3.38. The van der Waals surface area contributed by atoms with Crippen LogP contribution < -0.4 is 4.74 Å². The molecule has 0 bridgehead atoms. The number of hydrogen-bond donors (Lipinski definition) is 0. The van der Waals surface area contributed by atoms with Gasteiger partial charge in [0.1, 0.15) is 5.75 Å². The van der Waals surface area contributed by atoms with Crippen molar-refractivity contribution in [2.45, 2.75) is 53.4 Å². The topological polar surface area (TPSA) is 43.8 Å². The first-order valence-electron chi connectivity index (χ1n) is 10.6. The second-order valence-electron chi connectivity index (χ2n) is 7.40. The lowest BCUT2D eigenvalue weighted by Crippen LogP contribution is -1.90. The minimum Gasteiger partial charge on any atom is -0.497 e. The predicted octanol–water partition coefficient (Wildman–Crippen LogP) is 6.59. The first kappa shape index (κ1) is 23.2. The molecule has 4 aromatic heterocycles. The molecule has 5 nitrogen and oxygen atoms in total. The molecule has 0 aromatic carbocycles. The van der Waals surface area contributed by atoms with Crippen molar-refractivity contribution in [3.05, 3.63) is 72.3 Å². The van der Waals surface area contributed by atoms with E-state index in [2.05, 4.69) is 56.6 Å². The van der Waals surface area contributed by atoms with Crippen LogP contribution in [-0.4, -0.2) is 26.3 Å². The highest BCUT2D eigenvalue weighted by molar-refractivity contribution is 5.59. The third-order valence-corrected chi connectivity index (χ3v) is 4.81. The van der Waals surface area contributed by atoms with Gasteiger partial charge in [-0.3, -0.25) is 0 Å². The van der Waals surface area contributed by atoms with Crippen LogP contribution in [0, 0.1) is 0 Å². The third-order valence-electron chi connectivity index (χ3n) is 4.81. The molecule has 0 spiro atoms. The second-order valence-corrected chi connectivity index (χ2v) is 7.40. The maximum Gasteiger partial charge on any atom is 0.122 e. The lowest BCUT2D eigenvalue weighted by molar-refractivity contribution is 0.414. The molecule has 160 valence electrons. The molecule has 0 aliphatic rings. The van der Waals surface area contributed by atoms with E-state index in [0.717, 1.165) is 16.8 Å². The van der Waals surface area contributed by atoms with E-state index in [1.54, 1.807) is 7.11 Å². The molecule has 0 unspecified atom stereocenters. The summed E-state index contributed by atoms with van der Waals surface area (Å²) in [6.45, 7) is 16.4. The van der Waals surface area contributed by atoms with Crippen LogP contribution in [-0.2, 0) is 0 Å². The van der Waals surface area contributed by atoms with Crippen molar-refractivity contribution in [2.75, 3.05) is 7.11 Å². The van der Waals surface area contributed by atoms with E-state index in [4.69, 9.17) is 4.74 Å². The monoisotopic (exact) mass is 406 g/mol. The van der Waals surface area contributed by atoms with E-state index in [1.165, 1.54) is 16.6 Å². The molecule has 5 heteroatoms. The van der Waals surface area contributed by atoms with Crippen molar-refractivity contribution in [1.82, 2.24) is 19.2 Å². The van der Waals surface area contributed by atoms with Crippen LogP contribution >= 0.6 is 0 Å². The van der Waals surface area contributed by atoms with E-state index in [9.17, 15) is 0 Å². The molecule has 0 atom stereocenters. The zero-order chi connectivity index (χ0) is 22.3. The summed E-state index contributed by atoms with van der Waals surface area (Å²) in [7, 11) is 1.68. The third kappa shape index (κ3) is 5.09. The summed E-state index contributed by atoms with van der Waals surface area (Å²) < 4.78 is 8.97. The van der Waals surface area contributed by atoms with E-state index in [1.807, 2.05) is 65.9 Å². The molecule has 0 amide bonds. The van der Waals surface area contributed by atoms with Gasteiger partial charge in [0.2, 0.25) is 0 Å². The fraction of sp³-hybridized carbons (Fsp3) is 0.360. The first-order valence-corrected chi connectivity index (χ1v) is 10.6. The molecular formula is C25H34N4O. The van der Waals surface area contributed by atoms with Gasteiger partial charge in [-0.25, -0.2) is 9.03 Å². The van der Waals surface area contributed by atoms with Crippen molar-refractivity contribution < 1.29 is 4.74 Å². The van der Waals surface area contributed by atoms with Gasteiger partial charge in [0, 0.05) is 29.6 Å². The molecule has 0 fully saturated rings. The van der Waals surface area contributed by atoms with E-state index >= 15 is 0 Å². The molecule has 0 saturated heterocycles. The quantitative estimate of drug-likeness (QED) is 0.384. The fourth-order valence-corrected chi connectivity index (χ4v) is 3.14. The highest BCUT2D eigenvalue weighted by Crippen LogP contribution is 2.23. The van der Waals surface area contributed by atoms with Gasteiger partial charge in [-0.2, -0.15) is 10.2 Å². The minimum atomic E-state index is 0.486. The number of methoxy groups -OCH3 is 1. The van der Waals surface area contributed by atoms with Gasteiger partial charge in [0.15, 0.2) is 0 Å². The van der Waals surface area contributed by atoms with Crippen molar-refractivity contribution in [2.24, 2.45) is 0 Å². The van der Waals surface area contributed by atoms with Gasteiger partial charge in [-0.1, -0.05) is 60.3 Å². The minimum absolute atomic E-state index is 0.486. The fourth-order valence-electron chi connectivity index (χ4n) is 3.14. The Morgan fingerprint density at radius 1 is 0.900 bits per heavy atom. The molecule has 0 N–H and O–H groups in total. The Balaban J connectivity index is 0.000000197. The standard InChI is InChI=1S/C12H14N2.C11H14N2O.C2H6/c1-4-10-5-6-12-11(9(2)3)7-13-14(12)8-10;1-8(2)10-7-12-13-5-4-9(14-3)6-11(10)13;1-2/h4-9H,1H2,2-3H3;4-8H,1-3H3;1-2H3. The summed E-state index contributed by atoms with van der Waals surface area (Å²) in [5, 5.41) is 8.59. The molecule has 30 heavy (non-hydrogen) atoms. The van der Waals surface area contributed by atoms with Crippen LogP contribution in [0.25, 0.3) is 17.1 Å². The Bertz CT molecular complexity index is 1090.